The molecule has 0 aliphatic heterocycles. The summed E-state index contributed by atoms with van der Waals surface area (Å²) in [7, 11) is 0. The largest absolute Gasteiger partial charge is 0.382 e. The van der Waals surface area contributed by atoms with E-state index in [0.717, 1.165) is 30.0 Å². The summed E-state index contributed by atoms with van der Waals surface area (Å²) < 4.78 is 0. The van der Waals surface area contributed by atoms with Crippen LogP contribution in [0.15, 0.2) is 0 Å². The van der Waals surface area contributed by atoms with Gasteiger partial charge in [-0.25, -0.2) is 0 Å². The highest BCUT2D eigenvalue weighted by Crippen LogP contribution is 2.61. The number of aromatic nitrogens is 2. The first-order valence-electron chi connectivity index (χ1n) is 8.53. The second-order valence-electron chi connectivity index (χ2n) is 7.76. The molecule has 4 fully saturated rings. The normalized spacial score (nSPS) is 38.5. The quantitative estimate of drug-likeness (QED) is 0.876. The van der Waals surface area contributed by atoms with E-state index in [4.69, 9.17) is 5.73 Å². The number of hydrogen-bond donors (Lipinski definition) is 2. The molecule has 0 radical (unpaired) electrons. The molecular formula is C17H27N3. The lowest BCUT2D eigenvalue weighted by Gasteiger charge is -2.57. The molecule has 3 nitrogen and oxygen atoms in total. The fraction of sp³-hybridized carbons (Fsp3) is 0.824. The lowest BCUT2D eigenvalue weighted by Crippen LogP contribution is -2.49. The monoisotopic (exact) mass is 273 g/mol. The number of unbranched alkanes of at least 4 members (excludes halogenated alkanes) is 1. The summed E-state index contributed by atoms with van der Waals surface area (Å²) in [5.41, 5.74) is 9.46. The van der Waals surface area contributed by atoms with Gasteiger partial charge in [0, 0.05) is 16.7 Å². The Kier molecular flexibility index (Phi) is 2.87. The third-order valence-corrected chi connectivity index (χ3v) is 6.22. The summed E-state index contributed by atoms with van der Waals surface area (Å²) in [6.45, 7) is 2.25. The lowest BCUT2D eigenvalue weighted by molar-refractivity contribution is -0.00522. The van der Waals surface area contributed by atoms with E-state index in [1.807, 2.05) is 0 Å². The van der Waals surface area contributed by atoms with Crippen molar-refractivity contribution in [1.82, 2.24) is 10.2 Å². The number of nitrogens with zero attached hydrogens (tertiary/aromatic N) is 1. The summed E-state index contributed by atoms with van der Waals surface area (Å²) in [5.74, 6) is 3.71. The SMILES string of the molecule is CCCCc1[nH]nc(N)c1C12CC3CC(CC(C3)C1)C2. The Morgan fingerprint density at radius 1 is 1.15 bits per heavy atom. The molecule has 0 atom stereocenters. The van der Waals surface area contributed by atoms with Gasteiger partial charge in [-0.15, -0.1) is 0 Å². The van der Waals surface area contributed by atoms with Crippen molar-refractivity contribution < 1.29 is 0 Å². The van der Waals surface area contributed by atoms with E-state index < -0.39 is 0 Å². The number of nitrogen functional groups attached to an aromatic ring is 1. The highest BCUT2D eigenvalue weighted by molar-refractivity contribution is 5.49. The second-order valence-corrected chi connectivity index (χ2v) is 7.76. The van der Waals surface area contributed by atoms with Crippen LogP contribution in [-0.2, 0) is 11.8 Å². The van der Waals surface area contributed by atoms with Gasteiger partial charge in [0.1, 0.15) is 5.82 Å². The van der Waals surface area contributed by atoms with Gasteiger partial charge in [0.05, 0.1) is 0 Å². The molecule has 4 aliphatic rings. The molecule has 110 valence electrons. The molecule has 0 spiro atoms. The highest BCUT2D eigenvalue weighted by Gasteiger charge is 2.53. The van der Waals surface area contributed by atoms with Crippen molar-refractivity contribution in [1.29, 1.82) is 0 Å². The molecule has 3 heteroatoms. The Bertz CT molecular complexity index is 467. The second kappa shape index (κ2) is 4.51. The van der Waals surface area contributed by atoms with E-state index in [-0.39, 0.29) is 0 Å². The van der Waals surface area contributed by atoms with E-state index in [9.17, 15) is 0 Å². The van der Waals surface area contributed by atoms with Gasteiger partial charge >= 0.3 is 0 Å². The van der Waals surface area contributed by atoms with E-state index in [1.165, 1.54) is 62.6 Å². The summed E-state index contributed by atoms with van der Waals surface area (Å²) >= 11 is 0. The Hall–Kier alpha value is -0.990. The summed E-state index contributed by atoms with van der Waals surface area (Å²) in [6.07, 6.45) is 12.2. The molecule has 0 unspecified atom stereocenters. The minimum Gasteiger partial charge on any atom is -0.382 e. The average molecular weight is 273 g/mol. The predicted molar refractivity (Wildman–Crippen MR) is 81.5 cm³/mol. The average Bonchev–Trinajstić information content (AvgIpc) is 2.76. The Morgan fingerprint density at radius 2 is 1.75 bits per heavy atom. The molecule has 4 aliphatic carbocycles. The zero-order chi connectivity index (χ0) is 13.7. The van der Waals surface area contributed by atoms with Crippen LogP contribution >= 0.6 is 0 Å². The van der Waals surface area contributed by atoms with Crippen LogP contribution in [0.4, 0.5) is 5.82 Å². The third-order valence-electron chi connectivity index (χ3n) is 6.22. The molecule has 1 aromatic heterocycles. The zero-order valence-electron chi connectivity index (χ0n) is 12.6. The van der Waals surface area contributed by atoms with Crippen molar-refractivity contribution in [2.75, 3.05) is 5.73 Å². The fourth-order valence-corrected chi connectivity index (χ4v) is 5.94. The molecule has 4 bridgehead atoms. The van der Waals surface area contributed by atoms with Gasteiger partial charge < -0.3 is 5.73 Å². The minimum atomic E-state index is 0.384. The number of nitrogens with one attached hydrogen (secondary N) is 1. The van der Waals surface area contributed by atoms with E-state index >= 15 is 0 Å². The van der Waals surface area contributed by atoms with Gasteiger partial charge in [-0.3, -0.25) is 5.10 Å². The summed E-state index contributed by atoms with van der Waals surface area (Å²) in [5, 5.41) is 7.64. The van der Waals surface area contributed by atoms with Crippen LogP contribution in [0.1, 0.15) is 69.5 Å². The molecular weight excluding hydrogens is 246 g/mol. The summed E-state index contributed by atoms with van der Waals surface area (Å²) in [6, 6.07) is 0. The third kappa shape index (κ3) is 1.82. The maximum absolute atomic E-state index is 6.29. The van der Waals surface area contributed by atoms with Gasteiger partial charge in [-0.2, -0.15) is 5.10 Å². The van der Waals surface area contributed by atoms with Gasteiger partial charge in [0.25, 0.3) is 0 Å². The van der Waals surface area contributed by atoms with Crippen molar-refractivity contribution in [3.05, 3.63) is 11.3 Å². The number of aromatic amines is 1. The van der Waals surface area contributed by atoms with Crippen molar-refractivity contribution in [3.63, 3.8) is 0 Å². The van der Waals surface area contributed by atoms with Crippen LogP contribution < -0.4 is 5.73 Å². The van der Waals surface area contributed by atoms with E-state index in [0.29, 0.717) is 5.41 Å². The number of aryl methyl sites for hydroxylation is 1. The van der Waals surface area contributed by atoms with Gasteiger partial charge in [-0.05, 0) is 69.1 Å². The fourth-order valence-electron chi connectivity index (χ4n) is 5.94. The Labute approximate surface area is 121 Å². The van der Waals surface area contributed by atoms with Gasteiger partial charge in [-0.1, -0.05) is 13.3 Å². The van der Waals surface area contributed by atoms with Crippen molar-refractivity contribution >= 4 is 5.82 Å². The van der Waals surface area contributed by atoms with Crippen molar-refractivity contribution in [3.8, 4) is 0 Å². The van der Waals surface area contributed by atoms with Crippen LogP contribution in [-0.4, -0.2) is 10.2 Å². The lowest BCUT2D eigenvalue weighted by atomic mass is 9.48. The maximum Gasteiger partial charge on any atom is 0.149 e. The first kappa shape index (κ1) is 12.7. The molecule has 20 heavy (non-hydrogen) atoms. The number of nitrogens with two attached hydrogens (primary N) is 1. The first-order valence-corrected chi connectivity index (χ1v) is 8.53. The molecule has 4 saturated carbocycles. The van der Waals surface area contributed by atoms with Crippen LogP contribution in [0, 0.1) is 17.8 Å². The smallest absolute Gasteiger partial charge is 0.149 e. The molecule has 0 saturated heterocycles. The van der Waals surface area contributed by atoms with Gasteiger partial charge in [0.15, 0.2) is 0 Å². The van der Waals surface area contributed by atoms with E-state index in [1.54, 1.807) is 0 Å². The van der Waals surface area contributed by atoms with Crippen LogP contribution in [0.2, 0.25) is 0 Å². The van der Waals surface area contributed by atoms with Crippen LogP contribution in [0.25, 0.3) is 0 Å². The van der Waals surface area contributed by atoms with Crippen molar-refractivity contribution in [2.45, 2.75) is 70.1 Å². The van der Waals surface area contributed by atoms with Gasteiger partial charge in [0.2, 0.25) is 0 Å². The first-order chi connectivity index (χ1) is 9.70. The number of anilines is 1. The zero-order valence-corrected chi connectivity index (χ0v) is 12.6. The van der Waals surface area contributed by atoms with Crippen molar-refractivity contribution in [2.24, 2.45) is 17.8 Å². The topological polar surface area (TPSA) is 54.7 Å². The standard InChI is InChI=1S/C17H27N3/c1-2-3-4-14-15(16(18)20-19-14)17-8-11-5-12(9-17)7-13(6-11)10-17/h11-13H,2-10H2,1H3,(H3,18,19,20). The Morgan fingerprint density at radius 3 is 2.30 bits per heavy atom. The molecule has 3 N–H and O–H groups in total. The number of H-pyrrole nitrogens is 1. The highest BCUT2D eigenvalue weighted by atomic mass is 15.2. The van der Waals surface area contributed by atoms with Crippen LogP contribution in [0.3, 0.4) is 0 Å². The van der Waals surface area contributed by atoms with Crippen LogP contribution in [0.5, 0.6) is 0 Å². The van der Waals surface area contributed by atoms with E-state index in [2.05, 4.69) is 17.1 Å². The summed E-state index contributed by atoms with van der Waals surface area (Å²) in [4.78, 5) is 0. The molecule has 1 heterocycles. The predicted octanol–water partition coefficient (Wildman–Crippen LogP) is 3.80. The molecule has 0 amide bonds. The number of hydrogen-bond acceptors (Lipinski definition) is 2. The maximum atomic E-state index is 6.29. The molecule has 1 aromatic rings. The molecule has 0 aromatic carbocycles. The Balaban J connectivity index is 1.71. The molecule has 5 rings (SSSR count). The number of rotatable bonds is 4. The minimum absolute atomic E-state index is 0.384.